The van der Waals surface area contributed by atoms with Crippen LogP contribution in [0.5, 0.6) is 5.75 Å². The molecule has 0 spiro atoms. The van der Waals surface area contributed by atoms with Gasteiger partial charge < -0.3 is 19.5 Å². The number of quaternary nitrogens is 1. The van der Waals surface area contributed by atoms with Gasteiger partial charge in [-0.1, -0.05) is 0 Å². The number of methoxy groups -OCH3 is 1. The van der Waals surface area contributed by atoms with Crippen LogP contribution in [0, 0.1) is 0 Å². The van der Waals surface area contributed by atoms with Crippen LogP contribution >= 0.6 is 0 Å². The number of esters is 1. The predicted molar refractivity (Wildman–Crippen MR) is 64.7 cm³/mol. The van der Waals surface area contributed by atoms with Crippen molar-refractivity contribution in [3.05, 3.63) is 29.3 Å². The fraction of sp³-hybridized carbons (Fsp3) is 0.462. The van der Waals surface area contributed by atoms with Crippen LogP contribution in [-0.2, 0) is 16.0 Å². The Morgan fingerprint density at radius 2 is 2.17 bits per heavy atom. The van der Waals surface area contributed by atoms with Crippen LogP contribution in [0.4, 0.5) is 0 Å². The molecule has 0 aromatic heterocycles. The van der Waals surface area contributed by atoms with Gasteiger partial charge in [0.05, 0.1) is 20.3 Å². The van der Waals surface area contributed by atoms with Crippen molar-refractivity contribution in [3.8, 4) is 5.75 Å². The molecule has 0 bridgehead atoms. The second kappa shape index (κ2) is 5.84. The third-order valence-electron chi connectivity index (χ3n) is 3.12. The number of phenols is 1. The summed E-state index contributed by atoms with van der Waals surface area (Å²) in [7, 11) is 1.31. The number of carbonyl (C=O) groups excluding carboxylic acids is 1. The lowest BCUT2D eigenvalue weighted by atomic mass is 10.1. The standard InChI is InChI=1S/C13H17NO4/c1-17-13(16)11-8-10(2-3-12(11)15)9-14-4-6-18-7-5-14/h2-3,8,15H,4-7,9H2,1H3/p+1. The van der Waals surface area contributed by atoms with Crippen LogP contribution < -0.4 is 4.90 Å². The van der Waals surface area contributed by atoms with Crippen molar-refractivity contribution >= 4 is 5.97 Å². The van der Waals surface area contributed by atoms with E-state index >= 15 is 0 Å². The zero-order valence-electron chi connectivity index (χ0n) is 10.4. The van der Waals surface area contributed by atoms with Gasteiger partial charge in [-0.2, -0.15) is 0 Å². The van der Waals surface area contributed by atoms with Crippen LogP contribution in [0.3, 0.4) is 0 Å². The number of hydrogen-bond donors (Lipinski definition) is 2. The van der Waals surface area contributed by atoms with E-state index in [1.54, 1.807) is 12.1 Å². The molecule has 5 heteroatoms. The summed E-state index contributed by atoms with van der Waals surface area (Å²) < 4.78 is 9.94. The first-order valence-electron chi connectivity index (χ1n) is 6.02. The SMILES string of the molecule is COC(=O)c1cc(C[NH+]2CCOCC2)ccc1O. The number of benzene rings is 1. The van der Waals surface area contributed by atoms with E-state index in [4.69, 9.17) is 4.74 Å². The van der Waals surface area contributed by atoms with Crippen molar-refractivity contribution in [1.82, 2.24) is 0 Å². The molecule has 1 aromatic rings. The molecule has 1 heterocycles. The molecule has 2 rings (SSSR count). The molecule has 0 radical (unpaired) electrons. The Balaban J connectivity index is 2.11. The van der Waals surface area contributed by atoms with Crippen LogP contribution in [0.1, 0.15) is 15.9 Å². The number of nitrogens with one attached hydrogen (secondary N) is 1. The molecule has 1 aliphatic heterocycles. The molecular formula is C13H18NO4+. The molecule has 0 amide bonds. The van der Waals surface area contributed by atoms with E-state index in [0.29, 0.717) is 0 Å². The molecule has 98 valence electrons. The molecule has 1 aliphatic rings. The fourth-order valence-corrected chi connectivity index (χ4v) is 2.09. The number of phenolic OH excluding ortho intramolecular Hbond substituents is 1. The third kappa shape index (κ3) is 3.00. The van der Waals surface area contributed by atoms with Gasteiger partial charge in [0, 0.05) is 5.56 Å². The maximum atomic E-state index is 11.5. The van der Waals surface area contributed by atoms with Crippen molar-refractivity contribution in [2.45, 2.75) is 6.54 Å². The Bertz CT molecular complexity index is 427. The first-order chi connectivity index (χ1) is 8.70. The van der Waals surface area contributed by atoms with Crippen molar-refractivity contribution in [2.24, 2.45) is 0 Å². The Labute approximate surface area is 106 Å². The number of aromatic hydroxyl groups is 1. The average molecular weight is 252 g/mol. The lowest BCUT2D eigenvalue weighted by Crippen LogP contribution is -3.12. The minimum absolute atomic E-state index is 0.0393. The Morgan fingerprint density at radius 1 is 1.44 bits per heavy atom. The van der Waals surface area contributed by atoms with E-state index in [1.165, 1.54) is 12.0 Å². The largest absolute Gasteiger partial charge is 0.507 e. The summed E-state index contributed by atoms with van der Waals surface area (Å²) in [5.41, 5.74) is 1.24. The van der Waals surface area contributed by atoms with Gasteiger partial charge in [-0.3, -0.25) is 0 Å². The van der Waals surface area contributed by atoms with Gasteiger partial charge in [0.15, 0.2) is 0 Å². The highest BCUT2D eigenvalue weighted by atomic mass is 16.5. The van der Waals surface area contributed by atoms with Crippen molar-refractivity contribution in [1.29, 1.82) is 0 Å². The van der Waals surface area contributed by atoms with Gasteiger partial charge in [0.25, 0.3) is 0 Å². The van der Waals surface area contributed by atoms with Crippen LogP contribution in [0.15, 0.2) is 18.2 Å². The molecule has 1 saturated heterocycles. The first-order valence-corrected chi connectivity index (χ1v) is 6.02. The van der Waals surface area contributed by atoms with Gasteiger partial charge >= 0.3 is 5.97 Å². The van der Waals surface area contributed by atoms with E-state index < -0.39 is 5.97 Å². The number of hydrogen-bond acceptors (Lipinski definition) is 4. The Morgan fingerprint density at radius 3 is 2.83 bits per heavy atom. The van der Waals surface area contributed by atoms with Crippen LogP contribution in [-0.4, -0.2) is 44.5 Å². The van der Waals surface area contributed by atoms with Gasteiger partial charge in [0.2, 0.25) is 0 Å². The smallest absolute Gasteiger partial charge is 0.341 e. The maximum Gasteiger partial charge on any atom is 0.341 e. The summed E-state index contributed by atoms with van der Waals surface area (Å²) in [5, 5.41) is 9.61. The lowest BCUT2D eigenvalue weighted by Gasteiger charge is -2.23. The third-order valence-corrected chi connectivity index (χ3v) is 3.12. The molecule has 0 unspecified atom stereocenters. The zero-order valence-corrected chi connectivity index (χ0v) is 10.4. The van der Waals surface area contributed by atoms with E-state index in [1.807, 2.05) is 6.07 Å². The van der Waals surface area contributed by atoms with Crippen molar-refractivity contribution in [3.63, 3.8) is 0 Å². The normalized spacial score (nSPS) is 16.5. The molecule has 2 N–H and O–H groups in total. The van der Waals surface area contributed by atoms with E-state index in [9.17, 15) is 9.90 Å². The predicted octanol–water partition coefficient (Wildman–Crippen LogP) is -0.406. The molecule has 18 heavy (non-hydrogen) atoms. The topological polar surface area (TPSA) is 60.2 Å². The molecule has 0 saturated carbocycles. The fourth-order valence-electron chi connectivity index (χ4n) is 2.09. The monoisotopic (exact) mass is 252 g/mol. The van der Waals surface area contributed by atoms with E-state index in [2.05, 4.69) is 4.74 Å². The molecule has 1 aromatic carbocycles. The zero-order chi connectivity index (χ0) is 13.0. The number of carbonyl (C=O) groups is 1. The molecule has 0 atom stereocenters. The van der Waals surface area contributed by atoms with Gasteiger partial charge in [-0.25, -0.2) is 4.79 Å². The minimum Gasteiger partial charge on any atom is -0.507 e. The van der Waals surface area contributed by atoms with E-state index in [0.717, 1.165) is 38.4 Å². The molecule has 1 fully saturated rings. The molecular weight excluding hydrogens is 234 g/mol. The highest BCUT2D eigenvalue weighted by Gasteiger charge is 2.17. The summed E-state index contributed by atoms with van der Waals surface area (Å²) in [6, 6.07) is 5.08. The second-order valence-corrected chi connectivity index (χ2v) is 4.38. The molecule has 5 nitrogen and oxygen atoms in total. The lowest BCUT2D eigenvalue weighted by molar-refractivity contribution is -0.921. The second-order valence-electron chi connectivity index (χ2n) is 4.38. The number of rotatable bonds is 3. The summed E-state index contributed by atoms with van der Waals surface area (Å²) in [5.74, 6) is -0.547. The van der Waals surface area contributed by atoms with E-state index in [-0.39, 0.29) is 11.3 Å². The quantitative estimate of drug-likeness (QED) is 0.718. The Hall–Kier alpha value is -1.59. The highest BCUT2D eigenvalue weighted by Crippen LogP contribution is 2.19. The number of ether oxygens (including phenoxy) is 2. The van der Waals surface area contributed by atoms with Crippen LogP contribution in [0.2, 0.25) is 0 Å². The minimum atomic E-state index is -0.508. The van der Waals surface area contributed by atoms with Crippen molar-refractivity contribution in [2.75, 3.05) is 33.4 Å². The summed E-state index contributed by atoms with van der Waals surface area (Å²) in [4.78, 5) is 12.9. The average Bonchev–Trinajstić information content (AvgIpc) is 2.41. The van der Waals surface area contributed by atoms with Crippen LogP contribution in [0.25, 0.3) is 0 Å². The molecule has 0 aliphatic carbocycles. The summed E-state index contributed by atoms with van der Waals surface area (Å²) in [6.07, 6.45) is 0. The summed E-state index contributed by atoms with van der Waals surface area (Å²) >= 11 is 0. The first kappa shape index (κ1) is 12.9. The summed E-state index contributed by atoms with van der Waals surface area (Å²) in [6.45, 7) is 4.31. The highest BCUT2D eigenvalue weighted by molar-refractivity contribution is 5.92. The van der Waals surface area contributed by atoms with Gasteiger partial charge in [-0.05, 0) is 18.2 Å². The van der Waals surface area contributed by atoms with Gasteiger partial charge in [-0.15, -0.1) is 0 Å². The maximum absolute atomic E-state index is 11.5. The number of morpholine rings is 1. The van der Waals surface area contributed by atoms with Crippen molar-refractivity contribution < 1.29 is 24.3 Å². The Kier molecular flexibility index (Phi) is 4.17. The van der Waals surface area contributed by atoms with Gasteiger partial charge in [0.1, 0.15) is 30.9 Å².